The number of rotatable bonds is 5. The quantitative estimate of drug-likeness (QED) is 0.591. The Morgan fingerprint density at radius 2 is 1.87 bits per heavy atom. The van der Waals surface area contributed by atoms with Gasteiger partial charge in [-0.15, -0.1) is 0 Å². The first-order valence-corrected chi connectivity index (χ1v) is 9.97. The Kier molecular flexibility index (Phi) is 5.54. The zero-order valence-corrected chi connectivity index (χ0v) is 17.7. The summed E-state index contributed by atoms with van der Waals surface area (Å²) in [7, 11) is 1.73. The van der Waals surface area contributed by atoms with Crippen molar-refractivity contribution in [2.24, 2.45) is 0 Å². The lowest BCUT2D eigenvalue weighted by Gasteiger charge is -2.15. The molecule has 0 saturated heterocycles. The van der Waals surface area contributed by atoms with Crippen LogP contribution in [0.3, 0.4) is 0 Å². The van der Waals surface area contributed by atoms with Crippen LogP contribution in [0.25, 0.3) is 0 Å². The van der Waals surface area contributed by atoms with Crippen LogP contribution in [0.15, 0.2) is 47.3 Å². The van der Waals surface area contributed by atoms with Crippen molar-refractivity contribution in [1.82, 2.24) is 4.57 Å². The van der Waals surface area contributed by atoms with Crippen LogP contribution in [0.4, 0.5) is 14.5 Å². The van der Waals surface area contributed by atoms with E-state index in [0.717, 1.165) is 28.9 Å². The molecule has 8 heteroatoms. The number of nitrogens with zero attached hydrogens (tertiary/aromatic N) is 2. The highest BCUT2D eigenvalue weighted by molar-refractivity contribution is 6.31. The fourth-order valence-electron chi connectivity index (χ4n) is 3.62. The van der Waals surface area contributed by atoms with Gasteiger partial charge in [0.2, 0.25) is 5.91 Å². The Morgan fingerprint density at radius 3 is 2.61 bits per heavy atom. The third-order valence-electron chi connectivity index (χ3n) is 5.37. The highest BCUT2D eigenvalue weighted by Gasteiger charge is 2.24. The molecule has 1 aliphatic heterocycles. The smallest absolute Gasteiger partial charge is 0.273 e. The van der Waals surface area contributed by atoms with E-state index in [2.05, 4.69) is 0 Å². The number of ether oxygens (including phenoxy) is 1. The number of benzene rings is 2. The standard InChI is InChI=1S/C23H19ClF2N2O3/c1-13-7-20(31-12-15-4-5-17(25)10-18(15)26)22(24)23(30)28(13)11-14-3-6-19-16(8-14)9-21(29)27(19)2/h3-8,10H,9,11-12H2,1-2H3. The van der Waals surface area contributed by atoms with Crippen LogP contribution in [0.1, 0.15) is 22.4 Å². The zero-order valence-electron chi connectivity index (χ0n) is 16.9. The zero-order chi connectivity index (χ0) is 22.3. The second kappa shape index (κ2) is 8.15. The Balaban J connectivity index is 1.57. The molecule has 1 amide bonds. The van der Waals surface area contributed by atoms with E-state index in [4.69, 9.17) is 16.3 Å². The van der Waals surface area contributed by atoms with E-state index in [1.54, 1.807) is 24.9 Å². The van der Waals surface area contributed by atoms with Crippen molar-refractivity contribution >= 4 is 23.2 Å². The molecule has 0 radical (unpaired) electrons. The van der Waals surface area contributed by atoms with E-state index >= 15 is 0 Å². The molecule has 2 heterocycles. The van der Waals surface area contributed by atoms with Crippen LogP contribution in [0.2, 0.25) is 5.02 Å². The maximum Gasteiger partial charge on any atom is 0.273 e. The topological polar surface area (TPSA) is 51.5 Å². The molecule has 1 aromatic heterocycles. The number of carbonyl (C=O) groups is 1. The maximum atomic E-state index is 13.8. The molecule has 0 spiro atoms. The summed E-state index contributed by atoms with van der Waals surface area (Å²) in [5.41, 5.74) is 2.97. The lowest BCUT2D eigenvalue weighted by atomic mass is 10.1. The fourth-order valence-corrected chi connectivity index (χ4v) is 3.83. The van der Waals surface area contributed by atoms with Crippen molar-refractivity contribution in [3.8, 4) is 5.75 Å². The fraction of sp³-hybridized carbons (Fsp3) is 0.217. The Labute approximate surface area is 182 Å². The monoisotopic (exact) mass is 444 g/mol. The molecule has 0 fully saturated rings. The number of likely N-dealkylation sites (N-methyl/N-ethyl adjacent to an activating group) is 1. The van der Waals surface area contributed by atoms with E-state index in [1.807, 2.05) is 18.2 Å². The van der Waals surface area contributed by atoms with Crippen LogP contribution < -0.4 is 15.2 Å². The number of hydrogen-bond acceptors (Lipinski definition) is 3. The second-order valence-electron chi connectivity index (χ2n) is 7.47. The van der Waals surface area contributed by atoms with E-state index < -0.39 is 17.2 Å². The first kappa shape index (κ1) is 21.1. The molecule has 1 aliphatic rings. The highest BCUT2D eigenvalue weighted by atomic mass is 35.5. The molecule has 160 valence electrons. The molecule has 0 N–H and O–H groups in total. The Bertz CT molecular complexity index is 1260. The van der Waals surface area contributed by atoms with Gasteiger partial charge in [-0.2, -0.15) is 0 Å². The summed E-state index contributed by atoms with van der Waals surface area (Å²) in [6.07, 6.45) is 0.334. The van der Waals surface area contributed by atoms with Crippen LogP contribution in [-0.4, -0.2) is 17.5 Å². The number of aromatic nitrogens is 1. The molecule has 0 saturated carbocycles. The number of halogens is 3. The highest BCUT2D eigenvalue weighted by Crippen LogP contribution is 2.29. The van der Waals surface area contributed by atoms with Gasteiger partial charge >= 0.3 is 0 Å². The number of anilines is 1. The van der Waals surface area contributed by atoms with Gasteiger partial charge in [0.05, 0.1) is 13.0 Å². The van der Waals surface area contributed by atoms with Gasteiger partial charge in [-0.3, -0.25) is 9.59 Å². The molecule has 3 aromatic rings. The number of aryl methyl sites for hydroxylation is 1. The second-order valence-corrected chi connectivity index (χ2v) is 7.85. The van der Waals surface area contributed by atoms with Gasteiger partial charge in [0, 0.05) is 36.1 Å². The number of pyridine rings is 1. The number of fused-ring (bicyclic) bond motifs is 1. The Morgan fingerprint density at radius 1 is 1.10 bits per heavy atom. The van der Waals surface area contributed by atoms with Gasteiger partial charge in [0.25, 0.3) is 5.56 Å². The first-order chi connectivity index (χ1) is 14.7. The SMILES string of the molecule is Cc1cc(OCc2ccc(F)cc2F)c(Cl)c(=O)n1Cc1ccc2c(c1)CC(=O)N2C. The van der Waals surface area contributed by atoms with Crippen LogP contribution in [-0.2, 0) is 24.4 Å². The van der Waals surface area contributed by atoms with Crippen LogP contribution in [0.5, 0.6) is 5.75 Å². The molecule has 0 aliphatic carbocycles. The molecule has 2 aromatic carbocycles. The molecule has 4 rings (SSSR count). The Hall–Kier alpha value is -3.19. The van der Waals surface area contributed by atoms with Gasteiger partial charge in [0.1, 0.15) is 29.0 Å². The molecule has 31 heavy (non-hydrogen) atoms. The largest absolute Gasteiger partial charge is 0.487 e. The summed E-state index contributed by atoms with van der Waals surface area (Å²) in [5, 5.41) is -0.121. The van der Waals surface area contributed by atoms with Crippen molar-refractivity contribution in [3.05, 3.63) is 91.9 Å². The maximum absolute atomic E-state index is 13.8. The molecule has 0 bridgehead atoms. The van der Waals surface area contributed by atoms with Gasteiger partial charge in [-0.25, -0.2) is 8.78 Å². The minimum absolute atomic E-state index is 0.0302. The molecular weight excluding hydrogens is 426 g/mol. The minimum atomic E-state index is -0.734. The average Bonchev–Trinajstić information content (AvgIpc) is 3.01. The lowest BCUT2D eigenvalue weighted by molar-refractivity contribution is -0.117. The normalized spacial score (nSPS) is 12.9. The van der Waals surface area contributed by atoms with Gasteiger partial charge < -0.3 is 14.2 Å². The third-order valence-corrected chi connectivity index (χ3v) is 5.72. The van der Waals surface area contributed by atoms with Gasteiger partial charge in [0.15, 0.2) is 0 Å². The average molecular weight is 445 g/mol. The number of hydrogen-bond donors (Lipinski definition) is 0. The van der Waals surface area contributed by atoms with E-state index in [9.17, 15) is 18.4 Å². The third kappa shape index (κ3) is 4.05. The number of amides is 1. The van der Waals surface area contributed by atoms with Crippen molar-refractivity contribution in [1.29, 1.82) is 0 Å². The van der Waals surface area contributed by atoms with Gasteiger partial charge in [-0.1, -0.05) is 23.7 Å². The molecule has 5 nitrogen and oxygen atoms in total. The summed E-state index contributed by atoms with van der Waals surface area (Å²) in [4.78, 5) is 26.3. The van der Waals surface area contributed by atoms with Crippen molar-refractivity contribution in [2.45, 2.75) is 26.5 Å². The van der Waals surface area contributed by atoms with Crippen molar-refractivity contribution < 1.29 is 18.3 Å². The first-order valence-electron chi connectivity index (χ1n) is 9.59. The predicted molar refractivity (Wildman–Crippen MR) is 114 cm³/mol. The molecular formula is C23H19ClF2N2O3. The number of carbonyl (C=O) groups excluding carboxylic acids is 1. The lowest BCUT2D eigenvalue weighted by Crippen LogP contribution is -2.24. The van der Waals surface area contributed by atoms with Crippen molar-refractivity contribution in [3.63, 3.8) is 0 Å². The van der Waals surface area contributed by atoms with Crippen molar-refractivity contribution in [2.75, 3.05) is 11.9 Å². The summed E-state index contributed by atoms with van der Waals surface area (Å²) < 4.78 is 33.9. The summed E-state index contributed by atoms with van der Waals surface area (Å²) in [5.74, 6) is -1.25. The van der Waals surface area contributed by atoms with Crippen LogP contribution in [0, 0.1) is 18.6 Å². The molecule has 0 atom stereocenters. The minimum Gasteiger partial charge on any atom is -0.487 e. The van der Waals surface area contributed by atoms with Crippen LogP contribution >= 0.6 is 11.6 Å². The molecule has 0 unspecified atom stereocenters. The predicted octanol–water partition coefficient (Wildman–Crippen LogP) is 4.23. The van der Waals surface area contributed by atoms with E-state index in [0.29, 0.717) is 12.1 Å². The van der Waals surface area contributed by atoms with E-state index in [-0.39, 0.29) is 35.4 Å². The summed E-state index contributed by atoms with van der Waals surface area (Å²) in [6.45, 7) is 1.83. The van der Waals surface area contributed by atoms with Gasteiger partial charge in [-0.05, 0) is 36.2 Å². The van der Waals surface area contributed by atoms with E-state index in [1.165, 1.54) is 10.6 Å². The summed E-state index contributed by atoms with van der Waals surface area (Å²) in [6, 6.07) is 10.4. The summed E-state index contributed by atoms with van der Waals surface area (Å²) >= 11 is 6.24.